The molecular formula is C15H17N3O5S. The predicted octanol–water partition coefficient (Wildman–Crippen LogP) is -0.0646. The Kier molecular flexibility index (Phi) is 4.27. The van der Waals surface area contributed by atoms with Crippen molar-refractivity contribution in [2.75, 3.05) is 6.61 Å². The Morgan fingerprint density at radius 2 is 2.08 bits per heavy atom. The van der Waals surface area contributed by atoms with Gasteiger partial charge in [-0.05, 0) is 31.9 Å². The van der Waals surface area contributed by atoms with Gasteiger partial charge in [-0.25, -0.2) is 13.2 Å². The lowest BCUT2D eigenvalue weighted by molar-refractivity contribution is -0.149. The van der Waals surface area contributed by atoms with Crippen molar-refractivity contribution in [1.29, 1.82) is 0 Å². The largest absolute Gasteiger partial charge is 0.454 e. The normalized spacial score (nSPS) is 20.8. The van der Waals surface area contributed by atoms with E-state index in [1.54, 1.807) is 18.2 Å². The second-order valence-electron chi connectivity index (χ2n) is 5.70. The van der Waals surface area contributed by atoms with Crippen LogP contribution in [0.4, 0.5) is 0 Å². The van der Waals surface area contributed by atoms with Gasteiger partial charge < -0.3 is 10.1 Å². The van der Waals surface area contributed by atoms with E-state index >= 15 is 0 Å². The van der Waals surface area contributed by atoms with Crippen LogP contribution in [0.1, 0.15) is 25.3 Å². The van der Waals surface area contributed by atoms with E-state index in [-0.39, 0.29) is 29.3 Å². The molecule has 0 radical (unpaired) electrons. The third kappa shape index (κ3) is 3.56. The van der Waals surface area contributed by atoms with Crippen LogP contribution in [-0.4, -0.2) is 44.8 Å². The zero-order valence-corrected chi connectivity index (χ0v) is 13.8. The minimum atomic E-state index is -3.66. The summed E-state index contributed by atoms with van der Waals surface area (Å²) < 4.78 is 31.2. The summed E-state index contributed by atoms with van der Waals surface area (Å²) in [6.45, 7) is 1.11. The zero-order chi connectivity index (χ0) is 17.3. The molecule has 9 heteroatoms. The Bertz CT molecular complexity index is 814. The van der Waals surface area contributed by atoms with Crippen molar-refractivity contribution in [3.05, 3.63) is 29.8 Å². The van der Waals surface area contributed by atoms with Crippen LogP contribution in [0.15, 0.2) is 34.2 Å². The van der Waals surface area contributed by atoms with Crippen LogP contribution < -0.4 is 10.0 Å². The fraction of sp³-hybridized carbons (Fsp3) is 0.400. The first-order valence-electron chi connectivity index (χ1n) is 7.53. The van der Waals surface area contributed by atoms with Crippen LogP contribution in [-0.2, 0) is 24.3 Å². The number of nitrogens with one attached hydrogen (secondary N) is 2. The van der Waals surface area contributed by atoms with Crippen LogP contribution in [0.2, 0.25) is 0 Å². The number of rotatable bonds is 5. The van der Waals surface area contributed by atoms with E-state index in [0.29, 0.717) is 5.56 Å². The summed E-state index contributed by atoms with van der Waals surface area (Å²) in [5, 5.41) is 2.70. The van der Waals surface area contributed by atoms with Crippen LogP contribution in [0.25, 0.3) is 0 Å². The number of amides is 1. The van der Waals surface area contributed by atoms with E-state index in [1.807, 2.05) is 0 Å². The first-order valence-corrected chi connectivity index (χ1v) is 9.01. The number of benzene rings is 1. The summed E-state index contributed by atoms with van der Waals surface area (Å²) in [6.07, 6.45) is 1.90. The highest BCUT2D eigenvalue weighted by molar-refractivity contribution is 7.90. The SMILES string of the molecule is C[C@H](N=C1NS(=O)(=O)c2ccccc21)C(=O)OCC(=O)NC1CC1. The Balaban J connectivity index is 1.65. The Labute approximate surface area is 139 Å². The molecule has 1 aliphatic heterocycles. The van der Waals surface area contributed by atoms with Gasteiger partial charge in [0.1, 0.15) is 11.9 Å². The van der Waals surface area contributed by atoms with Gasteiger partial charge in [-0.3, -0.25) is 14.5 Å². The molecule has 0 bridgehead atoms. The molecule has 1 aromatic carbocycles. The Morgan fingerprint density at radius 1 is 1.38 bits per heavy atom. The summed E-state index contributed by atoms with van der Waals surface area (Å²) in [5.74, 6) is -0.952. The molecule has 24 heavy (non-hydrogen) atoms. The number of aliphatic imine (C=N–C) groups is 1. The molecule has 0 unspecified atom stereocenters. The molecule has 8 nitrogen and oxygen atoms in total. The molecule has 1 heterocycles. The van der Waals surface area contributed by atoms with Crippen molar-refractivity contribution >= 4 is 27.7 Å². The number of sulfonamides is 1. The summed E-state index contributed by atoms with van der Waals surface area (Å²) in [6, 6.07) is 5.61. The highest BCUT2D eigenvalue weighted by atomic mass is 32.2. The molecule has 1 aromatic rings. The van der Waals surface area contributed by atoms with Gasteiger partial charge in [0.15, 0.2) is 6.61 Å². The van der Waals surface area contributed by atoms with Gasteiger partial charge in [0, 0.05) is 11.6 Å². The quantitative estimate of drug-likeness (QED) is 0.721. The smallest absolute Gasteiger partial charge is 0.331 e. The molecule has 1 saturated carbocycles. The molecule has 1 aliphatic carbocycles. The van der Waals surface area contributed by atoms with Gasteiger partial charge in [0.2, 0.25) is 0 Å². The van der Waals surface area contributed by atoms with Crippen molar-refractivity contribution < 1.29 is 22.7 Å². The molecule has 128 valence electrons. The Morgan fingerprint density at radius 3 is 2.79 bits per heavy atom. The molecule has 0 spiro atoms. The molecule has 0 saturated heterocycles. The van der Waals surface area contributed by atoms with Crippen molar-refractivity contribution in [3.8, 4) is 0 Å². The maximum Gasteiger partial charge on any atom is 0.331 e. The number of fused-ring (bicyclic) bond motifs is 1. The second kappa shape index (κ2) is 6.23. The number of nitrogens with zero attached hydrogens (tertiary/aromatic N) is 1. The summed E-state index contributed by atoms with van der Waals surface area (Å²) in [5.41, 5.74) is 0.406. The van der Waals surface area contributed by atoms with Gasteiger partial charge >= 0.3 is 5.97 Å². The first kappa shape index (κ1) is 16.4. The van der Waals surface area contributed by atoms with Gasteiger partial charge in [-0.1, -0.05) is 12.1 Å². The van der Waals surface area contributed by atoms with E-state index in [9.17, 15) is 18.0 Å². The number of esters is 1. The average Bonchev–Trinajstić information content (AvgIpc) is 3.31. The van der Waals surface area contributed by atoms with Gasteiger partial charge in [0.05, 0.1) is 4.90 Å². The van der Waals surface area contributed by atoms with E-state index in [4.69, 9.17) is 4.74 Å². The highest BCUT2D eigenvalue weighted by Gasteiger charge is 2.31. The first-order chi connectivity index (χ1) is 11.4. The minimum Gasteiger partial charge on any atom is -0.454 e. The summed E-state index contributed by atoms with van der Waals surface area (Å²) in [4.78, 5) is 27.6. The standard InChI is InChI=1S/C15H17N3O5S/c1-9(15(20)23-8-13(19)17-10-6-7-10)16-14-11-4-2-3-5-12(11)24(21,22)18-14/h2-5,9-10H,6-8H2,1H3,(H,16,18)(H,17,19)/t9-/m0/s1. The fourth-order valence-electron chi connectivity index (χ4n) is 2.23. The van der Waals surface area contributed by atoms with Crippen LogP contribution in [0, 0.1) is 0 Å². The molecule has 1 amide bonds. The summed E-state index contributed by atoms with van der Waals surface area (Å²) >= 11 is 0. The van der Waals surface area contributed by atoms with Crippen molar-refractivity contribution in [2.24, 2.45) is 4.99 Å². The van der Waals surface area contributed by atoms with Gasteiger partial charge in [-0.15, -0.1) is 0 Å². The number of hydrogen-bond acceptors (Lipinski definition) is 6. The molecule has 1 fully saturated rings. The number of amidine groups is 1. The lowest BCUT2D eigenvalue weighted by atomic mass is 10.2. The third-order valence-electron chi connectivity index (χ3n) is 3.61. The number of hydrogen-bond donors (Lipinski definition) is 2. The Hall–Kier alpha value is -2.42. The number of ether oxygens (including phenoxy) is 1. The van der Waals surface area contributed by atoms with Crippen LogP contribution >= 0.6 is 0 Å². The zero-order valence-electron chi connectivity index (χ0n) is 13.0. The minimum absolute atomic E-state index is 0.0949. The maximum absolute atomic E-state index is 12.0. The van der Waals surface area contributed by atoms with Crippen LogP contribution in [0.3, 0.4) is 0 Å². The molecule has 0 aromatic heterocycles. The van der Waals surface area contributed by atoms with E-state index < -0.39 is 22.0 Å². The average molecular weight is 351 g/mol. The second-order valence-corrected chi connectivity index (χ2v) is 7.36. The predicted molar refractivity (Wildman–Crippen MR) is 84.9 cm³/mol. The monoisotopic (exact) mass is 351 g/mol. The van der Waals surface area contributed by atoms with Crippen molar-refractivity contribution in [1.82, 2.24) is 10.0 Å². The van der Waals surface area contributed by atoms with Gasteiger partial charge in [0.25, 0.3) is 15.9 Å². The van der Waals surface area contributed by atoms with Crippen molar-refractivity contribution in [2.45, 2.75) is 36.7 Å². The molecule has 2 aliphatic rings. The molecule has 1 atom stereocenters. The van der Waals surface area contributed by atoms with Gasteiger partial charge in [-0.2, -0.15) is 0 Å². The van der Waals surface area contributed by atoms with E-state index in [0.717, 1.165) is 12.8 Å². The lowest BCUT2D eigenvalue weighted by Gasteiger charge is -2.09. The lowest BCUT2D eigenvalue weighted by Crippen LogP contribution is -2.32. The third-order valence-corrected chi connectivity index (χ3v) is 5.01. The summed E-state index contributed by atoms with van der Waals surface area (Å²) in [7, 11) is -3.66. The van der Waals surface area contributed by atoms with E-state index in [1.165, 1.54) is 13.0 Å². The van der Waals surface area contributed by atoms with Crippen LogP contribution in [0.5, 0.6) is 0 Å². The topological polar surface area (TPSA) is 114 Å². The highest BCUT2D eigenvalue weighted by Crippen LogP contribution is 2.22. The van der Waals surface area contributed by atoms with Crippen molar-refractivity contribution in [3.63, 3.8) is 0 Å². The molecule has 2 N–H and O–H groups in total. The molecular weight excluding hydrogens is 334 g/mol. The fourth-order valence-corrected chi connectivity index (χ4v) is 3.47. The number of carbonyl (C=O) groups excluding carboxylic acids is 2. The van der Waals surface area contributed by atoms with E-state index in [2.05, 4.69) is 15.0 Å². The number of carbonyl (C=O) groups is 2. The maximum atomic E-state index is 12.0. The molecule has 3 rings (SSSR count).